The van der Waals surface area contributed by atoms with Gasteiger partial charge >= 0.3 is 0 Å². The average Bonchev–Trinajstić information content (AvgIpc) is 3.67. The predicted molar refractivity (Wildman–Crippen MR) is 148 cm³/mol. The summed E-state index contributed by atoms with van der Waals surface area (Å²) in [5.41, 5.74) is 2.03. The zero-order valence-electron chi connectivity index (χ0n) is 22.2. The SMILES string of the molecule is COc1ccccc1N1C(=O)[C@@H]2[C@@H](C1=O)[C@]1(N[C@@H]2C)C(=O)N(CC(=O)N2CCc3ccccc32)c2ccccc21. The Hall–Kier alpha value is -4.50. The summed E-state index contributed by atoms with van der Waals surface area (Å²) in [6.45, 7) is 2.21. The van der Waals surface area contributed by atoms with Gasteiger partial charge in [0, 0.05) is 29.5 Å². The zero-order valence-corrected chi connectivity index (χ0v) is 22.2. The van der Waals surface area contributed by atoms with Crippen molar-refractivity contribution in [1.82, 2.24) is 5.32 Å². The molecule has 0 unspecified atom stereocenters. The Labute approximate surface area is 231 Å². The number of fused-ring (bicyclic) bond motifs is 5. The molecule has 4 aliphatic heterocycles. The maximum absolute atomic E-state index is 14.5. The fourth-order valence-electron chi connectivity index (χ4n) is 7.14. The van der Waals surface area contributed by atoms with Gasteiger partial charge in [-0.1, -0.05) is 48.5 Å². The van der Waals surface area contributed by atoms with Crippen LogP contribution in [0.15, 0.2) is 72.8 Å². The van der Waals surface area contributed by atoms with Gasteiger partial charge in [0.1, 0.15) is 17.8 Å². The van der Waals surface area contributed by atoms with Crippen LogP contribution in [0.25, 0.3) is 0 Å². The van der Waals surface area contributed by atoms with E-state index >= 15 is 0 Å². The van der Waals surface area contributed by atoms with Gasteiger partial charge in [-0.2, -0.15) is 0 Å². The summed E-state index contributed by atoms with van der Waals surface area (Å²) in [6, 6.07) is 21.4. The van der Waals surface area contributed by atoms with Crippen molar-refractivity contribution in [3.8, 4) is 5.75 Å². The van der Waals surface area contributed by atoms with E-state index in [0.717, 1.165) is 22.6 Å². The predicted octanol–water partition coefficient (Wildman–Crippen LogP) is 2.62. The van der Waals surface area contributed by atoms with Crippen molar-refractivity contribution in [2.75, 3.05) is 34.9 Å². The summed E-state index contributed by atoms with van der Waals surface area (Å²) in [4.78, 5) is 60.4. The van der Waals surface area contributed by atoms with E-state index < -0.39 is 35.2 Å². The topological polar surface area (TPSA) is 99.3 Å². The molecule has 2 saturated heterocycles. The van der Waals surface area contributed by atoms with Crippen LogP contribution in [0.3, 0.4) is 0 Å². The lowest BCUT2D eigenvalue weighted by Crippen LogP contribution is -2.56. The number of amides is 4. The van der Waals surface area contributed by atoms with Crippen molar-refractivity contribution in [3.63, 3.8) is 0 Å². The lowest BCUT2D eigenvalue weighted by atomic mass is 9.76. The fourth-order valence-corrected chi connectivity index (χ4v) is 7.14. The highest BCUT2D eigenvalue weighted by Crippen LogP contribution is 2.55. The van der Waals surface area contributed by atoms with Crippen LogP contribution in [0.5, 0.6) is 5.75 Å². The number of nitrogens with zero attached hydrogens (tertiary/aromatic N) is 3. The molecule has 40 heavy (non-hydrogen) atoms. The Morgan fingerprint density at radius 2 is 1.60 bits per heavy atom. The maximum Gasteiger partial charge on any atom is 0.253 e. The van der Waals surface area contributed by atoms with E-state index in [0.29, 0.717) is 29.2 Å². The third-order valence-corrected chi connectivity index (χ3v) is 8.82. The molecule has 0 radical (unpaired) electrons. The summed E-state index contributed by atoms with van der Waals surface area (Å²) in [5, 5.41) is 3.37. The molecule has 9 heteroatoms. The molecule has 4 amide bonds. The molecule has 2 fully saturated rings. The van der Waals surface area contributed by atoms with Gasteiger partial charge in [-0.3, -0.25) is 24.5 Å². The number of benzene rings is 3. The molecule has 1 N–H and O–H groups in total. The van der Waals surface area contributed by atoms with Gasteiger partial charge in [-0.05, 0) is 43.2 Å². The number of nitrogens with one attached hydrogen (secondary N) is 1. The first-order valence-electron chi connectivity index (χ1n) is 13.5. The van der Waals surface area contributed by atoms with Crippen molar-refractivity contribution in [2.45, 2.75) is 24.9 Å². The van der Waals surface area contributed by atoms with Crippen molar-refractivity contribution in [2.24, 2.45) is 11.8 Å². The van der Waals surface area contributed by atoms with Crippen molar-refractivity contribution < 1.29 is 23.9 Å². The van der Waals surface area contributed by atoms with Gasteiger partial charge in [0.05, 0.1) is 24.6 Å². The number of carbonyl (C=O) groups excluding carboxylic acids is 4. The Balaban J connectivity index is 1.28. The van der Waals surface area contributed by atoms with Crippen LogP contribution in [-0.2, 0) is 31.1 Å². The molecule has 4 atom stereocenters. The number of hydrogen-bond donors (Lipinski definition) is 1. The van der Waals surface area contributed by atoms with E-state index in [1.54, 1.807) is 35.2 Å². The van der Waals surface area contributed by atoms with Gasteiger partial charge in [0.2, 0.25) is 17.7 Å². The maximum atomic E-state index is 14.5. The number of imide groups is 1. The van der Waals surface area contributed by atoms with E-state index in [4.69, 9.17) is 4.74 Å². The number of para-hydroxylation sites is 4. The molecule has 3 aromatic rings. The van der Waals surface area contributed by atoms with Gasteiger partial charge in [0.15, 0.2) is 0 Å². The zero-order chi connectivity index (χ0) is 27.8. The normalized spacial score (nSPS) is 26.5. The third kappa shape index (κ3) is 3.12. The third-order valence-electron chi connectivity index (χ3n) is 8.82. The van der Waals surface area contributed by atoms with E-state index in [1.165, 1.54) is 12.0 Å². The minimum Gasteiger partial charge on any atom is -0.495 e. The first-order valence-corrected chi connectivity index (χ1v) is 13.5. The number of methoxy groups -OCH3 is 1. The molecule has 0 aromatic heterocycles. The first kappa shape index (κ1) is 24.5. The average molecular weight is 537 g/mol. The van der Waals surface area contributed by atoms with E-state index in [9.17, 15) is 19.2 Å². The van der Waals surface area contributed by atoms with E-state index in [-0.39, 0.29) is 18.4 Å². The number of hydrogen-bond acceptors (Lipinski definition) is 6. The molecule has 3 aromatic carbocycles. The smallest absolute Gasteiger partial charge is 0.253 e. The number of rotatable bonds is 4. The second-order valence-electron chi connectivity index (χ2n) is 10.8. The van der Waals surface area contributed by atoms with Crippen molar-refractivity contribution in [1.29, 1.82) is 0 Å². The summed E-state index contributed by atoms with van der Waals surface area (Å²) < 4.78 is 5.45. The highest BCUT2D eigenvalue weighted by molar-refractivity contribution is 6.26. The van der Waals surface area contributed by atoms with Gasteiger partial charge in [-0.25, -0.2) is 4.90 Å². The van der Waals surface area contributed by atoms with Crippen LogP contribution in [-0.4, -0.2) is 49.9 Å². The second-order valence-corrected chi connectivity index (χ2v) is 10.8. The fraction of sp³-hybridized carbons (Fsp3) is 0.290. The van der Waals surface area contributed by atoms with Crippen LogP contribution >= 0.6 is 0 Å². The van der Waals surface area contributed by atoms with E-state index in [1.807, 2.05) is 49.4 Å². The quantitative estimate of drug-likeness (QED) is 0.515. The number of carbonyl (C=O) groups is 4. The molecule has 0 saturated carbocycles. The Morgan fingerprint density at radius 3 is 2.38 bits per heavy atom. The molecule has 0 bridgehead atoms. The summed E-state index contributed by atoms with van der Waals surface area (Å²) in [5.74, 6) is -2.74. The second kappa shape index (κ2) is 8.76. The largest absolute Gasteiger partial charge is 0.495 e. The molecule has 1 spiro atoms. The summed E-state index contributed by atoms with van der Waals surface area (Å²) in [6.07, 6.45) is 0.759. The Morgan fingerprint density at radius 1 is 0.925 bits per heavy atom. The molecule has 202 valence electrons. The van der Waals surface area contributed by atoms with Crippen molar-refractivity contribution in [3.05, 3.63) is 83.9 Å². The lowest BCUT2D eigenvalue weighted by Gasteiger charge is -2.30. The number of ether oxygens (including phenoxy) is 1. The van der Waals surface area contributed by atoms with Crippen LogP contribution in [0, 0.1) is 11.8 Å². The standard InChI is InChI=1S/C31H28N4O5/c1-18-26-27(29(38)35(28(26)37)23-13-7-8-14-24(23)40-2)31(32-18)20-10-4-6-12-22(20)34(30(31)39)17-25(36)33-16-15-19-9-3-5-11-21(19)33/h3-14,18,26-27,32H,15-17H2,1-2H3/t18-,26+,27+,31+/m1/s1. The molecular weight excluding hydrogens is 508 g/mol. The Bertz CT molecular complexity index is 1600. The minimum atomic E-state index is -1.46. The minimum absolute atomic E-state index is 0.169. The molecule has 7 rings (SSSR count). The first-order chi connectivity index (χ1) is 19.4. The van der Waals surface area contributed by atoms with Crippen LogP contribution in [0.1, 0.15) is 18.1 Å². The van der Waals surface area contributed by atoms with Gasteiger partial charge < -0.3 is 14.5 Å². The highest BCUT2D eigenvalue weighted by Gasteiger charge is 2.71. The number of anilines is 3. The Kier molecular flexibility index (Phi) is 5.37. The van der Waals surface area contributed by atoms with Gasteiger partial charge in [0.25, 0.3) is 5.91 Å². The summed E-state index contributed by atoms with van der Waals surface area (Å²) in [7, 11) is 1.49. The van der Waals surface area contributed by atoms with Crippen LogP contribution in [0.2, 0.25) is 0 Å². The van der Waals surface area contributed by atoms with Gasteiger partial charge in [-0.15, -0.1) is 0 Å². The van der Waals surface area contributed by atoms with Crippen LogP contribution < -0.4 is 24.8 Å². The lowest BCUT2D eigenvalue weighted by molar-refractivity contribution is -0.132. The molecule has 9 nitrogen and oxygen atoms in total. The molecule has 0 aliphatic carbocycles. The van der Waals surface area contributed by atoms with E-state index in [2.05, 4.69) is 5.32 Å². The summed E-state index contributed by atoms with van der Waals surface area (Å²) >= 11 is 0. The molecule has 4 aliphatic rings. The highest BCUT2D eigenvalue weighted by atomic mass is 16.5. The van der Waals surface area contributed by atoms with Crippen LogP contribution in [0.4, 0.5) is 17.1 Å². The molecule has 4 heterocycles. The molecular formula is C31H28N4O5. The monoisotopic (exact) mass is 536 g/mol. The van der Waals surface area contributed by atoms with Crippen molar-refractivity contribution >= 4 is 40.7 Å².